The third-order valence-electron chi connectivity index (χ3n) is 3.47. The lowest BCUT2D eigenvalue weighted by atomic mass is 9.95. The first-order valence-electron chi connectivity index (χ1n) is 7.12. The van der Waals surface area contributed by atoms with Gasteiger partial charge in [-0.1, -0.05) is 56.3 Å². The van der Waals surface area contributed by atoms with Crippen LogP contribution in [0.15, 0.2) is 54.6 Å². The zero-order valence-corrected chi connectivity index (χ0v) is 12.7. The molecule has 0 aliphatic carbocycles. The van der Waals surface area contributed by atoms with Crippen LogP contribution in [-0.2, 0) is 4.74 Å². The van der Waals surface area contributed by atoms with Crippen LogP contribution in [0, 0.1) is 5.92 Å². The van der Waals surface area contributed by atoms with Gasteiger partial charge in [-0.2, -0.15) is 0 Å². The molecule has 1 atom stereocenters. The Morgan fingerprint density at radius 2 is 1.62 bits per heavy atom. The number of carbonyl (C=O) groups excluding carboxylic acids is 1. The van der Waals surface area contributed by atoms with Crippen LogP contribution in [-0.4, -0.2) is 13.1 Å². The Balaban J connectivity index is 2.32. The second-order valence-electron chi connectivity index (χ2n) is 5.31. The highest BCUT2D eigenvalue weighted by Crippen LogP contribution is 2.28. The van der Waals surface area contributed by atoms with E-state index < -0.39 is 0 Å². The molecule has 0 radical (unpaired) electrons. The number of rotatable bonds is 5. The number of nitrogens with one attached hydrogen (secondary N) is 1. The molecule has 2 aromatic carbocycles. The monoisotopic (exact) mass is 283 g/mol. The average molecular weight is 283 g/mol. The summed E-state index contributed by atoms with van der Waals surface area (Å²) in [4.78, 5) is 11.9. The van der Waals surface area contributed by atoms with E-state index in [0.29, 0.717) is 11.5 Å². The first-order chi connectivity index (χ1) is 10.1. The van der Waals surface area contributed by atoms with Crippen molar-refractivity contribution in [1.29, 1.82) is 0 Å². The molecular formula is C18H21NO2. The fourth-order valence-corrected chi connectivity index (χ4v) is 2.36. The second-order valence-corrected chi connectivity index (χ2v) is 5.31. The summed E-state index contributed by atoms with van der Waals surface area (Å²) in [6.45, 7) is 4.32. The molecule has 0 heterocycles. The van der Waals surface area contributed by atoms with Gasteiger partial charge in [-0.05, 0) is 23.6 Å². The Bertz CT molecular complexity index is 593. The fraction of sp³-hybridized carbons (Fsp3) is 0.278. The van der Waals surface area contributed by atoms with Crippen LogP contribution in [0.5, 0.6) is 0 Å². The van der Waals surface area contributed by atoms with Crippen molar-refractivity contribution >= 4 is 11.7 Å². The number of methoxy groups -OCH3 is 1. The number of para-hydroxylation sites is 1. The maximum Gasteiger partial charge on any atom is 0.339 e. The van der Waals surface area contributed by atoms with E-state index in [1.165, 1.54) is 12.7 Å². The van der Waals surface area contributed by atoms with Crippen molar-refractivity contribution in [1.82, 2.24) is 0 Å². The van der Waals surface area contributed by atoms with Crippen molar-refractivity contribution < 1.29 is 9.53 Å². The smallest absolute Gasteiger partial charge is 0.339 e. The fourth-order valence-electron chi connectivity index (χ4n) is 2.36. The summed E-state index contributed by atoms with van der Waals surface area (Å²) < 4.78 is 4.85. The minimum absolute atomic E-state index is 0.136. The molecule has 0 saturated carbocycles. The van der Waals surface area contributed by atoms with E-state index in [0.717, 1.165) is 5.69 Å². The van der Waals surface area contributed by atoms with Crippen LogP contribution in [0.1, 0.15) is 35.8 Å². The molecule has 0 aliphatic heterocycles. The van der Waals surface area contributed by atoms with Crippen LogP contribution in [0.2, 0.25) is 0 Å². The van der Waals surface area contributed by atoms with Gasteiger partial charge in [-0.3, -0.25) is 0 Å². The molecule has 0 fully saturated rings. The molecule has 110 valence electrons. The normalized spacial score (nSPS) is 12.0. The highest BCUT2D eigenvalue weighted by Gasteiger charge is 2.18. The molecular weight excluding hydrogens is 262 g/mol. The molecule has 0 aliphatic rings. The largest absolute Gasteiger partial charge is 0.465 e. The maximum absolute atomic E-state index is 11.9. The number of hydrogen-bond acceptors (Lipinski definition) is 3. The van der Waals surface area contributed by atoms with Crippen molar-refractivity contribution in [3.63, 3.8) is 0 Å². The number of ether oxygens (including phenoxy) is 1. The standard InChI is InChI=1S/C18H21NO2/c1-13(2)17(14-9-5-4-6-10-14)19-16-12-8-7-11-15(16)18(20)21-3/h4-13,17,19H,1-3H3. The van der Waals surface area contributed by atoms with Crippen LogP contribution >= 0.6 is 0 Å². The van der Waals surface area contributed by atoms with Gasteiger partial charge in [0.2, 0.25) is 0 Å². The molecule has 2 aromatic rings. The Kier molecular flexibility index (Phi) is 4.99. The molecule has 1 unspecified atom stereocenters. The van der Waals surface area contributed by atoms with Gasteiger partial charge in [0.05, 0.1) is 18.7 Å². The molecule has 0 aromatic heterocycles. The van der Waals surface area contributed by atoms with Gasteiger partial charge in [-0.15, -0.1) is 0 Å². The van der Waals surface area contributed by atoms with E-state index in [-0.39, 0.29) is 12.0 Å². The van der Waals surface area contributed by atoms with Crippen LogP contribution in [0.25, 0.3) is 0 Å². The average Bonchev–Trinajstić information content (AvgIpc) is 2.52. The Morgan fingerprint density at radius 3 is 2.24 bits per heavy atom. The topological polar surface area (TPSA) is 38.3 Å². The minimum Gasteiger partial charge on any atom is -0.465 e. The zero-order valence-electron chi connectivity index (χ0n) is 12.7. The van der Waals surface area contributed by atoms with Crippen molar-refractivity contribution in [2.24, 2.45) is 5.92 Å². The molecule has 1 N–H and O–H groups in total. The molecule has 3 nitrogen and oxygen atoms in total. The lowest BCUT2D eigenvalue weighted by Crippen LogP contribution is -2.18. The summed E-state index contributed by atoms with van der Waals surface area (Å²) in [7, 11) is 1.40. The molecule has 2 rings (SSSR count). The van der Waals surface area contributed by atoms with E-state index >= 15 is 0 Å². The highest BCUT2D eigenvalue weighted by atomic mass is 16.5. The number of carbonyl (C=O) groups is 1. The predicted molar refractivity (Wildman–Crippen MR) is 85.4 cm³/mol. The Hall–Kier alpha value is -2.29. The summed E-state index contributed by atoms with van der Waals surface area (Å²) >= 11 is 0. The summed E-state index contributed by atoms with van der Waals surface area (Å²) in [5, 5.41) is 3.48. The predicted octanol–water partition coefficient (Wildman–Crippen LogP) is 4.28. The van der Waals surface area contributed by atoms with Crippen molar-refractivity contribution in [2.45, 2.75) is 19.9 Å². The third-order valence-corrected chi connectivity index (χ3v) is 3.47. The van der Waals surface area contributed by atoms with E-state index in [9.17, 15) is 4.79 Å². The third kappa shape index (κ3) is 3.63. The van der Waals surface area contributed by atoms with Crippen molar-refractivity contribution in [2.75, 3.05) is 12.4 Å². The van der Waals surface area contributed by atoms with Crippen LogP contribution in [0.3, 0.4) is 0 Å². The van der Waals surface area contributed by atoms with E-state index in [2.05, 4.69) is 31.3 Å². The maximum atomic E-state index is 11.9. The number of anilines is 1. The summed E-state index contributed by atoms with van der Waals surface area (Å²) in [5.74, 6) is 0.0618. The molecule has 3 heteroatoms. The zero-order chi connectivity index (χ0) is 15.2. The van der Waals surface area contributed by atoms with Gasteiger partial charge in [0, 0.05) is 5.69 Å². The number of benzene rings is 2. The lowest BCUT2D eigenvalue weighted by Gasteiger charge is -2.25. The number of hydrogen-bond donors (Lipinski definition) is 1. The second kappa shape index (κ2) is 6.93. The van der Waals surface area contributed by atoms with E-state index in [4.69, 9.17) is 4.74 Å². The van der Waals surface area contributed by atoms with E-state index in [1.807, 2.05) is 36.4 Å². The summed E-state index contributed by atoms with van der Waals surface area (Å²) in [6, 6.07) is 17.8. The van der Waals surface area contributed by atoms with Crippen molar-refractivity contribution in [3.05, 3.63) is 65.7 Å². The molecule has 0 spiro atoms. The van der Waals surface area contributed by atoms with Crippen LogP contribution < -0.4 is 5.32 Å². The molecule has 0 bridgehead atoms. The quantitative estimate of drug-likeness (QED) is 0.832. The first-order valence-corrected chi connectivity index (χ1v) is 7.12. The SMILES string of the molecule is COC(=O)c1ccccc1NC(c1ccccc1)C(C)C. The number of esters is 1. The van der Waals surface area contributed by atoms with Gasteiger partial charge in [0.25, 0.3) is 0 Å². The minimum atomic E-state index is -0.325. The van der Waals surface area contributed by atoms with Gasteiger partial charge >= 0.3 is 5.97 Å². The van der Waals surface area contributed by atoms with Gasteiger partial charge < -0.3 is 10.1 Å². The Morgan fingerprint density at radius 1 is 1.00 bits per heavy atom. The molecule has 21 heavy (non-hydrogen) atoms. The van der Waals surface area contributed by atoms with Gasteiger partial charge in [0.15, 0.2) is 0 Å². The lowest BCUT2D eigenvalue weighted by molar-refractivity contribution is 0.0601. The molecule has 0 saturated heterocycles. The van der Waals surface area contributed by atoms with Gasteiger partial charge in [0.1, 0.15) is 0 Å². The van der Waals surface area contributed by atoms with Crippen molar-refractivity contribution in [3.8, 4) is 0 Å². The summed E-state index contributed by atoms with van der Waals surface area (Å²) in [5.41, 5.74) is 2.56. The first kappa shape index (κ1) is 15.1. The van der Waals surface area contributed by atoms with Gasteiger partial charge in [-0.25, -0.2) is 4.79 Å². The highest BCUT2D eigenvalue weighted by molar-refractivity contribution is 5.95. The van der Waals surface area contributed by atoms with Crippen LogP contribution in [0.4, 0.5) is 5.69 Å². The Labute approximate surface area is 126 Å². The molecule has 0 amide bonds. The summed E-state index contributed by atoms with van der Waals surface area (Å²) in [6.07, 6.45) is 0. The van der Waals surface area contributed by atoms with E-state index in [1.54, 1.807) is 6.07 Å².